The number of hydrogen-bond donors (Lipinski definition) is 2. The fourth-order valence-corrected chi connectivity index (χ4v) is 3.87. The van der Waals surface area contributed by atoms with E-state index in [0.717, 1.165) is 32.2 Å². The van der Waals surface area contributed by atoms with E-state index in [1.807, 2.05) is 37.3 Å². The van der Waals surface area contributed by atoms with Gasteiger partial charge in [-0.3, -0.25) is 9.59 Å². The van der Waals surface area contributed by atoms with Gasteiger partial charge in [-0.1, -0.05) is 18.2 Å². The Kier molecular flexibility index (Phi) is 4.90. The monoisotopic (exact) mass is 329 g/mol. The van der Waals surface area contributed by atoms with Gasteiger partial charge in [-0.2, -0.15) is 0 Å². The number of nitrogens with one attached hydrogen (secondary N) is 2. The minimum absolute atomic E-state index is 0.0108. The molecule has 2 fully saturated rings. The van der Waals surface area contributed by atoms with Crippen molar-refractivity contribution in [3.05, 3.63) is 35.9 Å². The van der Waals surface area contributed by atoms with Gasteiger partial charge >= 0.3 is 0 Å². The fourth-order valence-electron chi connectivity index (χ4n) is 3.87. The summed E-state index contributed by atoms with van der Waals surface area (Å²) >= 11 is 0. The van der Waals surface area contributed by atoms with Crippen LogP contribution >= 0.6 is 0 Å². The van der Waals surface area contributed by atoms with E-state index < -0.39 is 5.54 Å². The summed E-state index contributed by atoms with van der Waals surface area (Å²) in [6.07, 6.45) is 3.47. The van der Waals surface area contributed by atoms with E-state index in [1.165, 1.54) is 0 Å². The Balaban J connectivity index is 1.72. The highest BCUT2D eigenvalue weighted by Gasteiger charge is 2.46. The number of rotatable bonds is 3. The lowest BCUT2D eigenvalue weighted by molar-refractivity contribution is -0.130. The smallest absolute Gasteiger partial charge is 0.254 e. The maximum absolute atomic E-state index is 13.0. The normalized spacial score (nSPS) is 30.2. The molecule has 0 aliphatic carbocycles. The molecule has 0 aromatic heterocycles. The van der Waals surface area contributed by atoms with Gasteiger partial charge in [0.2, 0.25) is 5.91 Å². The molecule has 2 heterocycles. The first-order valence-electron chi connectivity index (χ1n) is 8.92. The number of benzene rings is 1. The van der Waals surface area contributed by atoms with E-state index in [2.05, 4.69) is 17.6 Å². The summed E-state index contributed by atoms with van der Waals surface area (Å²) in [4.78, 5) is 27.6. The largest absolute Gasteiger partial charge is 0.351 e. The van der Waals surface area contributed by atoms with Crippen molar-refractivity contribution in [2.45, 2.75) is 57.2 Å². The molecule has 2 amide bonds. The number of hydrogen-bond acceptors (Lipinski definition) is 3. The molecule has 2 N–H and O–H groups in total. The molecule has 2 aliphatic heterocycles. The first-order valence-corrected chi connectivity index (χ1v) is 8.92. The SMILES string of the molecule is CC1CC(NC(=O)C2(C)CCCN2C(=O)c2ccccc2)CCN1. The van der Waals surface area contributed by atoms with E-state index in [0.29, 0.717) is 18.2 Å². The highest BCUT2D eigenvalue weighted by molar-refractivity contribution is 5.99. The molecule has 2 aliphatic rings. The van der Waals surface area contributed by atoms with Crippen LogP contribution in [0.4, 0.5) is 0 Å². The number of carbonyl (C=O) groups excluding carboxylic acids is 2. The summed E-state index contributed by atoms with van der Waals surface area (Å²) in [5.41, 5.74) is -0.102. The molecule has 5 heteroatoms. The molecule has 1 aromatic rings. The van der Waals surface area contributed by atoms with Crippen molar-refractivity contribution in [1.29, 1.82) is 0 Å². The van der Waals surface area contributed by atoms with Gasteiger partial charge in [-0.05, 0) is 58.2 Å². The lowest BCUT2D eigenvalue weighted by Crippen LogP contribution is -2.58. The predicted molar refractivity (Wildman–Crippen MR) is 93.7 cm³/mol. The lowest BCUT2D eigenvalue weighted by Gasteiger charge is -2.37. The van der Waals surface area contributed by atoms with Crippen molar-refractivity contribution in [2.75, 3.05) is 13.1 Å². The molecule has 0 spiro atoms. The number of likely N-dealkylation sites (tertiary alicyclic amines) is 1. The molecule has 3 atom stereocenters. The van der Waals surface area contributed by atoms with Gasteiger partial charge in [0, 0.05) is 24.2 Å². The summed E-state index contributed by atoms with van der Waals surface area (Å²) in [5, 5.41) is 6.59. The molecule has 130 valence electrons. The van der Waals surface area contributed by atoms with Crippen molar-refractivity contribution in [3.63, 3.8) is 0 Å². The van der Waals surface area contributed by atoms with E-state index in [1.54, 1.807) is 4.90 Å². The number of nitrogens with zero attached hydrogens (tertiary/aromatic N) is 1. The molecule has 2 saturated heterocycles. The highest BCUT2D eigenvalue weighted by atomic mass is 16.2. The zero-order chi connectivity index (χ0) is 17.2. The molecule has 3 unspecified atom stereocenters. The summed E-state index contributed by atoms with van der Waals surface area (Å²) < 4.78 is 0. The second kappa shape index (κ2) is 6.93. The van der Waals surface area contributed by atoms with Crippen molar-refractivity contribution in [2.24, 2.45) is 0 Å². The van der Waals surface area contributed by atoms with Crippen LogP contribution in [-0.2, 0) is 4.79 Å². The minimum Gasteiger partial charge on any atom is -0.351 e. The van der Waals surface area contributed by atoms with Gasteiger partial charge < -0.3 is 15.5 Å². The zero-order valence-electron chi connectivity index (χ0n) is 14.5. The number of carbonyl (C=O) groups is 2. The minimum atomic E-state index is -0.749. The van der Waals surface area contributed by atoms with E-state index >= 15 is 0 Å². The van der Waals surface area contributed by atoms with Crippen molar-refractivity contribution in [3.8, 4) is 0 Å². The van der Waals surface area contributed by atoms with E-state index in [-0.39, 0.29) is 17.9 Å². The zero-order valence-corrected chi connectivity index (χ0v) is 14.5. The standard InChI is InChI=1S/C19H27N3O2/c1-14-13-16(9-11-20-14)21-18(24)19(2)10-6-12-22(19)17(23)15-7-4-3-5-8-15/h3-5,7-8,14,16,20H,6,9-13H2,1-2H3,(H,21,24). The van der Waals surface area contributed by atoms with E-state index in [9.17, 15) is 9.59 Å². The molecule has 0 saturated carbocycles. The Morgan fingerprint density at radius 3 is 2.75 bits per heavy atom. The maximum Gasteiger partial charge on any atom is 0.254 e. The van der Waals surface area contributed by atoms with Crippen molar-refractivity contribution < 1.29 is 9.59 Å². The average molecular weight is 329 g/mol. The molecule has 0 radical (unpaired) electrons. The quantitative estimate of drug-likeness (QED) is 0.891. The highest BCUT2D eigenvalue weighted by Crippen LogP contribution is 2.31. The molecular formula is C19H27N3O2. The van der Waals surface area contributed by atoms with Crippen molar-refractivity contribution >= 4 is 11.8 Å². The van der Waals surface area contributed by atoms with Crippen LogP contribution in [0.3, 0.4) is 0 Å². The molecule has 3 rings (SSSR count). The third kappa shape index (κ3) is 3.31. The second-order valence-corrected chi connectivity index (χ2v) is 7.25. The molecular weight excluding hydrogens is 302 g/mol. The molecule has 0 bridgehead atoms. The molecule has 1 aromatic carbocycles. The van der Waals surface area contributed by atoms with Crippen molar-refractivity contribution in [1.82, 2.24) is 15.5 Å². The maximum atomic E-state index is 13.0. The summed E-state index contributed by atoms with van der Waals surface area (Å²) in [5.74, 6) is -0.0622. The number of piperidine rings is 1. The van der Waals surface area contributed by atoms with Gasteiger partial charge in [0.15, 0.2) is 0 Å². The molecule has 24 heavy (non-hydrogen) atoms. The van der Waals surface area contributed by atoms with Crippen LogP contribution in [0.2, 0.25) is 0 Å². The van der Waals surface area contributed by atoms with Crippen LogP contribution in [0.15, 0.2) is 30.3 Å². The van der Waals surface area contributed by atoms with Gasteiger partial charge in [-0.25, -0.2) is 0 Å². The van der Waals surface area contributed by atoms with E-state index in [4.69, 9.17) is 0 Å². The first kappa shape index (κ1) is 17.0. The molecule has 5 nitrogen and oxygen atoms in total. The predicted octanol–water partition coefficient (Wildman–Crippen LogP) is 1.94. The van der Waals surface area contributed by atoms with Crippen LogP contribution in [-0.4, -0.2) is 47.4 Å². The van der Waals surface area contributed by atoms with Crippen LogP contribution < -0.4 is 10.6 Å². The van der Waals surface area contributed by atoms with Crippen LogP contribution in [0.25, 0.3) is 0 Å². The Bertz CT molecular complexity index is 604. The third-order valence-electron chi connectivity index (χ3n) is 5.35. The van der Waals surface area contributed by atoms with Crippen LogP contribution in [0.5, 0.6) is 0 Å². The van der Waals surface area contributed by atoms with Gasteiger partial charge in [0.25, 0.3) is 5.91 Å². The third-order valence-corrected chi connectivity index (χ3v) is 5.35. The summed E-state index contributed by atoms with van der Waals surface area (Å²) in [7, 11) is 0. The Morgan fingerprint density at radius 1 is 1.29 bits per heavy atom. The second-order valence-electron chi connectivity index (χ2n) is 7.25. The Hall–Kier alpha value is -1.88. The fraction of sp³-hybridized carbons (Fsp3) is 0.579. The first-order chi connectivity index (χ1) is 11.5. The Morgan fingerprint density at radius 2 is 2.04 bits per heavy atom. The number of amides is 2. The Labute approximate surface area is 143 Å². The van der Waals surface area contributed by atoms with Gasteiger partial charge in [0.05, 0.1) is 0 Å². The van der Waals surface area contributed by atoms with Crippen LogP contribution in [0, 0.1) is 0 Å². The topological polar surface area (TPSA) is 61.4 Å². The lowest BCUT2D eigenvalue weighted by atomic mass is 9.94. The van der Waals surface area contributed by atoms with Gasteiger partial charge in [0.1, 0.15) is 5.54 Å². The average Bonchev–Trinajstić information content (AvgIpc) is 2.98. The van der Waals surface area contributed by atoms with Gasteiger partial charge in [-0.15, -0.1) is 0 Å². The van der Waals surface area contributed by atoms with Crippen LogP contribution in [0.1, 0.15) is 49.9 Å². The summed E-state index contributed by atoms with van der Waals surface area (Å²) in [6, 6.07) is 9.85. The summed E-state index contributed by atoms with van der Waals surface area (Å²) in [6.45, 7) is 5.61.